The first-order valence-corrected chi connectivity index (χ1v) is 13.8. The molecule has 1 atom stereocenters. The number of hydrogen-bond acceptors (Lipinski definition) is 4. The third-order valence-electron chi connectivity index (χ3n) is 8.15. The predicted molar refractivity (Wildman–Crippen MR) is 147 cm³/mol. The number of aryl methyl sites for hydroxylation is 1. The molecule has 0 bridgehead atoms. The van der Waals surface area contributed by atoms with E-state index in [0.29, 0.717) is 19.0 Å². The molecule has 1 amide bonds. The Kier molecular flexibility index (Phi) is 6.68. The van der Waals surface area contributed by atoms with Crippen molar-refractivity contribution in [2.75, 3.05) is 24.5 Å². The number of fused-ring (bicyclic) bond motifs is 1. The zero-order valence-electron chi connectivity index (χ0n) is 21.6. The molecule has 2 aromatic carbocycles. The third kappa shape index (κ3) is 4.87. The molecule has 0 unspecified atom stereocenters. The van der Waals surface area contributed by atoms with E-state index in [9.17, 15) is 4.79 Å². The summed E-state index contributed by atoms with van der Waals surface area (Å²) < 4.78 is 2.32. The van der Waals surface area contributed by atoms with Gasteiger partial charge in [0.05, 0.1) is 36.0 Å². The minimum atomic E-state index is 0.105. The average Bonchev–Trinajstić information content (AvgIpc) is 3.70. The number of hydrogen-bond donors (Lipinski definition) is 1. The molecule has 1 saturated heterocycles. The summed E-state index contributed by atoms with van der Waals surface area (Å²) in [7, 11) is 0. The monoisotopic (exact) mass is 496 g/mol. The molecular weight excluding hydrogens is 460 g/mol. The van der Waals surface area contributed by atoms with Gasteiger partial charge in [-0.2, -0.15) is 5.10 Å². The van der Waals surface area contributed by atoms with Crippen LogP contribution >= 0.6 is 0 Å². The highest BCUT2D eigenvalue weighted by atomic mass is 16.2. The summed E-state index contributed by atoms with van der Waals surface area (Å²) in [5, 5.41) is 6.34. The largest absolute Gasteiger partial charge is 0.368 e. The lowest BCUT2D eigenvalue weighted by atomic mass is 10.0. The van der Waals surface area contributed by atoms with E-state index in [-0.39, 0.29) is 11.9 Å². The molecule has 0 radical (unpaired) electrons. The Morgan fingerprint density at radius 2 is 1.92 bits per heavy atom. The summed E-state index contributed by atoms with van der Waals surface area (Å²) >= 11 is 0. The molecule has 2 fully saturated rings. The van der Waals surface area contributed by atoms with Crippen LogP contribution in [0.15, 0.2) is 61.1 Å². The van der Waals surface area contributed by atoms with Crippen molar-refractivity contribution in [3.63, 3.8) is 0 Å². The first-order chi connectivity index (χ1) is 18.2. The highest BCUT2D eigenvalue weighted by molar-refractivity contribution is 5.86. The quantitative estimate of drug-likeness (QED) is 0.394. The molecule has 1 saturated carbocycles. The number of aromatic amines is 1. The molecule has 192 valence electrons. The van der Waals surface area contributed by atoms with Crippen LogP contribution in [0.4, 0.5) is 5.69 Å². The van der Waals surface area contributed by atoms with Gasteiger partial charge in [-0.25, -0.2) is 4.98 Å². The lowest BCUT2D eigenvalue weighted by Crippen LogP contribution is -2.56. The Bertz CT molecular complexity index is 1340. The zero-order chi connectivity index (χ0) is 25.2. The summed E-state index contributed by atoms with van der Waals surface area (Å²) in [5.74, 6) is 0.159. The number of H-pyrrole nitrogens is 1. The summed E-state index contributed by atoms with van der Waals surface area (Å²) in [6, 6.07) is 18.0. The van der Waals surface area contributed by atoms with E-state index in [1.165, 1.54) is 53.5 Å². The Morgan fingerprint density at radius 1 is 1.08 bits per heavy atom. The maximum absolute atomic E-state index is 13.4. The number of nitrogens with zero attached hydrogens (tertiary/aromatic N) is 5. The van der Waals surface area contributed by atoms with Crippen LogP contribution in [-0.4, -0.2) is 56.2 Å². The smallest absolute Gasteiger partial charge is 0.228 e. The highest BCUT2D eigenvalue weighted by Gasteiger charge is 2.31. The third-order valence-corrected chi connectivity index (χ3v) is 8.15. The van der Waals surface area contributed by atoms with Crippen LogP contribution < -0.4 is 4.90 Å². The number of carbonyl (C=O) groups excluding carboxylic acids is 1. The van der Waals surface area contributed by atoms with Gasteiger partial charge in [-0.05, 0) is 49.4 Å². The van der Waals surface area contributed by atoms with Crippen molar-refractivity contribution >= 4 is 22.5 Å². The molecule has 1 aliphatic carbocycles. The molecule has 1 N–H and O–H groups in total. The average molecular weight is 497 g/mol. The molecule has 2 aromatic heterocycles. The van der Waals surface area contributed by atoms with Crippen molar-refractivity contribution in [1.82, 2.24) is 24.6 Å². The SMILES string of the molecule is CCc1nn(C2CCCC2)c2cc(N3CCN(C(=O)Cc4cnc[nH]4)[C@@H](Cc4ccccc4)C3)ccc12. The first-order valence-electron chi connectivity index (χ1n) is 13.8. The van der Waals surface area contributed by atoms with E-state index in [0.717, 1.165) is 31.6 Å². The van der Waals surface area contributed by atoms with Gasteiger partial charge in [-0.3, -0.25) is 9.48 Å². The van der Waals surface area contributed by atoms with Gasteiger partial charge in [0, 0.05) is 42.6 Å². The second kappa shape index (κ2) is 10.4. The Labute approximate surface area is 218 Å². The van der Waals surface area contributed by atoms with Crippen molar-refractivity contribution in [2.45, 2.75) is 64.0 Å². The van der Waals surface area contributed by atoms with Gasteiger partial charge in [0.2, 0.25) is 5.91 Å². The van der Waals surface area contributed by atoms with Crippen LogP contribution in [0.25, 0.3) is 10.9 Å². The van der Waals surface area contributed by atoms with Crippen molar-refractivity contribution in [2.24, 2.45) is 0 Å². The van der Waals surface area contributed by atoms with E-state index >= 15 is 0 Å². The van der Waals surface area contributed by atoms with Gasteiger partial charge in [-0.1, -0.05) is 50.1 Å². The number of amides is 1. The van der Waals surface area contributed by atoms with Crippen LogP contribution in [-0.2, 0) is 24.1 Å². The van der Waals surface area contributed by atoms with Gasteiger partial charge in [0.15, 0.2) is 0 Å². The zero-order valence-corrected chi connectivity index (χ0v) is 21.6. The van der Waals surface area contributed by atoms with Crippen LogP contribution in [0, 0.1) is 0 Å². The van der Waals surface area contributed by atoms with Crippen LogP contribution in [0.5, 0.6) is 0 Å². The topological polar surface area (TPSA) is 70.1 Å². The Balaban J connectivity index is 1.28. The second-order valence-electron chi connectivity index (χ2n) is 10.5. The molecular formula is C30H36N6O. The van der Waals surface area contributed by atoms with E-state index in [1.807, 2.05) is 6.07 Å². The molecule has 7 heteroatoms. The molecule has 2 aliphatic rings. The standard InChI is InChI=1S/C30H36N6O/c1-2-28-27-13-12-25(18-29(27)36(33-28)24-10-6-7-11-24)34-14-15-35(30(37)17-23-19-31-21-32-23)26(20-34)16-22-8-4-3-5-9-22/h3-5,8-9,12-13,18-19,21,24,26H,2,6-7,10-11,14-17,20H2,1H3,(H,31,32)/t26-/m0/s1. The van der Waals surface area contributed by atoms with Crippen LogP contribution in [0.1, 0.15) is 55.6 Å². The minimum absolute atomic E-state index is 0.105. The molecule has 37 heavy (non-hydrogen) atoms. The number of anilines is 1. The van der Waals surface area contributed by atoms with Crippen molar-refractivity contribution in [3.05, 3.63) is 78.0 Å². The van der Waals surface area contributed by atoms with Gasteiger partial charge in [0.25, 0.3) is 0 Å². The maximum Gasteiger partial charge on any atom is 0.228 e. The van der Waals surface area contributed by atoms with Crippen molar-refractivity contribution in [1.29, 1.82) is 0 Å². The van der Waals surface area contributed by atoms with E-state index in [1.54, 1.807) is 12.5 Å². The molecule has 1 aliphatic heterocycles. The van der Waals surface area contributed by atoms with Crippen LogP contribution in [0.2, 0.25) is 0 Å². The molecule has 6 rings (SSSR count). The van der Waals surface area contributed by atoms with E-state index in [2.05, 4.69) is 73.8 Å². The van der Waals surface area contributed by atoms with E-state index in [4.69, 9.17) is 5.10 Å². The van der Waals surface area contributed by atoms with Gasteiger partial charge < -0.3 is 14.8 Å². The number of piperazine rings is 1. The van der Waals surface area contributed by atoms with Crippen LogP contribution in [0.3, 0.4) is 0 Å². The normalized spacial score (nSPS) is 18.7. The lowest BCUT2D eigenvalue weighted by Gasteiger charge is -2.43. The Morgan fingerprint density at radius 3 is 2.68 bits per heavy atom. The van der Waals surface area contributed by atoms with Crippen molar-refractivity contribution < 1.29 is 4.79 Å². The first kappa shape index (κ1) is 23.8. The Hall–Kier alpha value is -3.61. The number of carbonyl (C=O) groups is 1. The number of benzene rings is 2. The lowest BCUT2D eigenvalue weighted by molar-refractivity contribution is -0.133. The predicted octanol–water partition coefficient (Wildman–Crippen LogP) is 4.94. The number of aromatic nitrogens is 4. The summed E-state index contributed by atoms with van der Waals surface area (Å²) in [6.07, 6.45) is 10.6. The maximum atomic E-state index is 13.4. The summed E-state index contributed by atoms with van der Waals surface area (Å²) in [4.78, 5) is 25.1. The summed E-state index contributed by atoms with van der Waals surface area (Å²) in [6.45, 7) is 4.55. The van der Waals surface area contributed by atoms with Gasteiger partial charge in [-0.15, -0.1) is 0 Å². The number of imidazole rings is 1. The molecule has 4 aromatic rings. The molecule has 3 heterocycles. The highest BCUT2D eigenvalue weighted by Crippen LogP contribution is 2.35. The second-order valence-corrected chi connectivity index (χ2v) is 10.5. The summed E-state index contributed by atoms with van der Waals surface area (Å²) in [5.41, 5.74) is 5.82. The molecule has 7 nitrogen and oxygen atoms in total. The van der Waals surface area contributed by atoms with E-state index < -0.39 is 0 Å². The number of nitrogens with one attached hydrogen (secondary N) is 1. The fraction of sp³-hybridized carbons (Fsp3) is 0.433. The van der Waals surface area contributed by atoms with Gasteiger partial charge in [0.1, 0.15) is 0 Å². The fourth-order valence-electron chi connectivity index (χ4n) is 6.20. The van der Waals surface area contributed by atoms with Crippen molar-refractivity contribution in [3.8, 4) is 0 Å². The fourth-order valence-corrected chi connectivity index (χ4v) is 6.20. The number of rotatable bonds is 7. The van der Waals surface area contributed by atoms with Gasteiger partial charge >= 0.3 is 0 Å². The molecule has 0 spiro atoms. The minimum Gasteiger partial charge on any atom is -0.368 e.